The molecule has 0 spiro atoms. The smallest absolute Gasteiger partial charge is 0.224 e. The Hall–Kier alpha value is -1.59. The Morgan fingerprint density at radius 3 is 2.78 bits per heavy atom. The largest absolute Gasteiger partial charge is 0.508 e. The van der Waals surface area contributed by atoms with E-state index in [2.05, 4.69) is 5.32 Å². The van der Waals surface area contributed by atoms with Crippen LogP contribution in [0, 0.1) is 0 Å². The molecule has 0 aliphatic heterocycles. The lowest BCUT2D eigenvalue weighted by Crippen LogP contribution is -2.39. The van der Waals surface area contributed by atoms with Gasteiger partial charge in [0.2, 0.25) is 5.91 Å². The van der Waals surface area contributed by atoms with E-state index in [1.54, 1.807) is 31.4 Å². The van der Waals surface area contributed by atoms with Crippen molar-refractivity contribution in [3.63, 3.8) is 0 Å². The predicted molar refractivity (Wildman–Crippen MR) is 67.3 cm³/mol. The zero-order valence-corrected chi connectivity index (χ0v) is 10.4. The molecule has 0 saturated heterocycles. The number of aliphatic hydroxyl groups is 1. The zero-order chi connectivity index (χ0) is 13.4. The fourth-order valence-electron chi connectivity index (χ4n) is 1.67. The molecular formula is C13H19NO4. The van der Waals surface area contributed by atoms with Gasteiger partial charge in [-0.2, -0.15) is 0 Å². The highest BCUT2D eigenvalue weighted by Crippen LogP contribution is 2.15. The highest BCUT2D eigenvalue weighted by molar-refractivity contribution is 5.79. The first kappa shape index (κ1) is 14.5. The van der Waals surface area contributed by atoms with Crippen LogP contribution >= 0.6 is 0 Å². The fourth-order valence-corrected chi connectivity index (χ4v) is 1.67. The van der Waals surface area contributed by atoms with E-state index >= 15 is 0 Å². The van der Waals surface area contributed by atoms with Crippen LogP contribution in [0.2, 0.25) is 0 Å². The number of aliphatic hydroxyl groups excluding tert-OH is 1. The topological polar surface area (TPSA) is 78.8 Å². The van der Waals surface area contributed by atoms with Gasteiger partial charge in [-0.05, 0) is 12.5 Å². The number of amides is 1. The van der Waals surface area contributed by atoms with Gasteiger partial charge >= 0.3 is 0 Å². The van der Waals surface area contributed by atoms with Crippen LogP contribution in [-0.2, 0) is 16.0 Å². The van der Waals surface area contributed by atoms with E-state index in [0.717, 1.165) is 0 Å². The molecule has 18 heavy (non-hydrogen) atoms. The Kier molecular flexibility index (Phi) is 6.18. The summed E-state index contributed by atoms with van der Waals surface area (Å²) in [5.41, 5.74) is 0.579. The number of hydrogen-bond donors (Lipinski definition) is 3. The summed E-state index contributed by atoms with van der Waals surface area (Å²) in [6.45, 7) is 0.345. The SMILES string of the molecule is COCC(CCO)NC(=O)Cc1ccccc1O. The lowest BCUT2D eigenvalue weighted by Gasteiger charge is -2.17. The first-order valence-corrected chi connectivity index (χ1v) is 5.83. The van der Waals surface area contributed by atoms with Gasteiger partial charge in [-0.15, -0.1) is 0 Å². The third-order valence-corrected chi connectivity index (χ3v) is 2.55. The van der Waals surface area contributed by atoms with Gasteiger partial charge in [0, 0.05) is 19.3 Å². The Bertz CT molecular complexity index is 375. The van der Waals surface area contributed by atoms with Crippen molar-refractivity contribution in [1.29, 1.82) is 0 Å². The van der Waals surface area contributed by atoms with Crippen molar-refractivity contribution in [2.24, 2.45) is 0 Å². The normalized spacial score (nSPS) is 12.1. The zero-order valence-electron chi connectivity index (χ0n) is 10.4. The van der Waals surface area contributed by atoms with Crippen LogP contribution in [0.3, 0.4) is 0 Å². The summed E-state index contributed by atoms with van der Waals surface area (Å²) >= 11 is 0. The molecule has 0 saturated carbocycles. The second-order valence-electron chi connectivity index (χ2n) is 4.04. The van der Waals surface area contributed by atoms with Gasteiger partial charge in [0.15, 0.2) is 0 Å². The number of carbonyl (C=O) groups excluding carboxylic acids is 1. The number of rotatable bonds is 7. The number of phenols is 1. The number of hydrogen-bond acceptors (Lipinski definition) is 4. The van der Waals surface area contributed by atoms with Crippen molar-refractivity contribution in [2.75, 3.05) is 20.3 Å². The molecule has 0 heterocycles. The van der Waals surface area contributed by atoms with E-state index in [4.69, 9.17) is 9.84 Å². The molecule has 5 heteroatoms. The highest BCUT2D eigenvalue weighted by atomic mass is 16.5. The molecule has 1 atom stereocenters. The maximum absolute atomic E-state index is 11.8. The van der Waals surface area contributed by atoms with E-state index in [1.807, 2.05) is 0 Å². The molecular weight excluding hydrogens is 234 g/mol. The molecule has 1 rings (SSSR count). The summed E-state index contributed by atoms with van der Waals surface area (Å²) in [7, 11) is 1.54. The molecule has 0 aromatic heterocycles. The molecule has 0 aliphatic carbocycles. The van der Waals surface area contributed by atoms with Crippen LogP contribution in [-0.4, -0.2) is 42.5 Å². The van der Waals surface area contributed by atoms with Gasteiger partial charge in [-0.3, -0.25) is 4.79 Å². The summed E-state index contributed by atoms with van der Waals surface area (Å²) in [6.07, 6.45) is 0.554. The van der Waals surface area contributed by atoms with E-state index in [-0.39, 0.29) is 30.7 Å². The minimum atomic E-state index is -0.210. The minimum absolute atomic E-state index is 0.00903. The lowest BCUT2D eigenvalue weighted by atomic mass is 10.1. The highest BCUT2D eigenvalue weighted by Gasteiger charge is 2.13. The Balaban J connectivity index is 2.52. The average Bonchev–Trinajstić information content (AvgIpc) is 2.33. The van der Waals surface area contributed by atoms with Crippen LogP contribution in [0.4, 0.5) is 0 Å². The molecule has 1 aromatic carbocycles. The number of nitrogens with one attached hydrogen (secondary N) is 1. The minimum Gasteiger partial charge on any atom is -0.508 e. The molecule has 5 nitrogen and oxygen atoms in total. The first-order chi connectivity index (χ1) is 8.67. The van der Waals surface area contributed by atoms with Crippen LogP contribution in [0.15, 0.2) is 24.3 Å². The molecule has 100 valence electrons. The lowest BCUT2D eigenvalue weighted by molar-refractivity contribution is -0.121. The molecule has 1 amide bonds. The van der Waals surface area contributed by atoms with Crippen molar-refractivity contribution in [3.05, 3.63) is 29.8 Å². The van der Waals surface area contributed by atoms with Gasteiger partial charge in [0.05, 0.1) is 19.1 Å². The van der Waals surface area contributed by atoms with Gasteiger partial charge in [-0.25, -0.2) is 0 Å². The van der Waals surface area contributed by atoms with Crippen LogP contribution in [0.5, 0.6) is 5.75 Å². The first-order valence-electron chi connectivity index (χ1n) is 5.83. The third-order valence-electron chi connectivity index (χ3n) is 2.55. The molecule has 3 N–H and O–H groups in total. The summed E-state index contributed by atoms with van der Waals surface area (Å²) in [5, 5.41) is 21.2. The second kappa shape index (κ2) is 7.68. The van der Waals surface area contributed by atoms with Crippen molar-refractivity contribution in [1.82, 2.24) is 5.32 Å². The number of phenolic OH excluding ortho intramolecular Hbond substituents is 1. The van der Waals surface area contributed by atoms with Crippen molar-refractivity contribution in [3.8, 4) is 5.75 Å². The van der Waals surface area contributed by atoms with E-state index in [9.17, 15) is 9.90 Å². The summed E-state index contributed by atoms with van der Waals surface area (Å²) in [5.74, 6) is -0.0925. The molecule has 0 bridgehead atoms. The van der Waals surface area contributed by atoms with Gasteiger partial charge in [-0.1, -0.05) is 18.2 Å². The second-order valence-corrected chi connectivity index (χ2v) is 4.04. The number of methoxy groups -OCH3 is 1. The van der Waals surface area contributed by atoms with Crippen LogP contribution in [0.1, 0.15) is 12.0 Å². The summed E-state index contributed by atoms with van der Waals surface area (Å²) in [6, 6.07) is 6.51. The number of para-hydroxylation sites is 1. The standard InChI is InChI=1S/C13H19NO4/c1-18-9-11(6-7-15)14-13(17)8-10-4-2-3-5-12(10)16/h2-5,11,15-16H,6-9H2,1H3,(H,14,17). The quantitative estimate of drug-likeness (QED) is 0.659. The Morgan fingerprint density at radius 1 is 1.44 bits per heavy atom. The molecule has 1 aromatic rings. The summed E-state index contributed by atoms with van der Waals surface area (Å²) in [4.78, 5) is 11.8. The monoisotopic (exact) mass is 253 g/mol. The van der Waals surface area contributed by atoms with Gasteiger partial charge in [0.25, 0.3) is 0 Å². The summed E-state index contributed by atoms with van der Waals surface area (Å²) < 4.78 is 4.96. The van der Waals surface area contributed by atoms with Crippen LogP contribution < -0.4 is 5.32 Å². The van der Waals surface area contributed by atoms with Gasteiger partial charge in [0.1, 0.15) is 5.75 Å². The number of carbonyl (C=O) groups is 1. The number of aromatic hydroxyl groups is 1. The molecule has 0 aliphatic rings. The van der Waals surface area contributed by atoms with Gasteiger partial charge < -0.3 is 20.3 Å². The van der Waals surface area contributed by atoms with E-state index in [0.29, 0.717) is 18.6 Å². The Morgan fingerprint density at radius 2 is 2.17 bits per heavy atom. The van der Waals surface area contributed by atoms with Crippen molar-refractivity contribution < 1.29 is 19.7 Å². The predicted octanol–water partition coefficient (Wildman–Crippen LogP) is 0.448. The maximum atomic E-state index is 11.8. The number of benzene rings is 1. The molecule has 0 fully saturated rings. The number of ether oxygens (including phenoxy) is 1. The Labute approximate surface area is 106 Å². The third kappa shape index (κ3) is 4.73. The van der Waals surface area contributed by atoms with Crippen LogP contribution in [0.25, 0.3) is 0 Å². The van der Waals surface area contributed by atoms with Crippen molar-refractivity contribution in [2.45, 2.75) is 18.9 Å². The molecule has 0 radical (unpaired) electrons. The fraction of sp³-hybridized carbons (Fsp3) is 0.462. The van der Waals surface area contributed by atoms with E-state index in [1.165, 1.54) is 0 Å². The maximum Gasteiger partial charge on any atom is 0.224 e. The van der Waals surface area contributed by atoms with E-state index < -0.39 is 0 Å². The molecule has 1 unspecified atom stereocenters. The average molecular weight is 253 g/mol. The van der Waals surface area contributed by atoms with Crippen molar-refractivity contribution >= 4 is 5.91 Å².